The molecule has 1 aliphatic heterocycles. The summed E-state index contributed by atoms with van der Waals surface area (Å²) in [6.45, 7) is 4.88. The van der Waals surface area contributed by atoms with E-state index in [1.54, 1.807) is 0 Å². The molecule has 15 heavy (non-hydrogen) atoms. The third-order valence-electron chi connectivity index (χ3n) is 2.67. The van der Waals surface area contributed by atoms with Crippen molar-refractivity contribution < 1.29 is 9.59 Å². The van der Waals surface area contributed by atoms with Gasteiger partial charge in [0.15, 0.2) is 0 Å². The summed E-state index contributed by atoms with van der Waals surface area (Å²) in [5.41, 5.74) is 0. The van der Waals surface area contributed by atoms with Crippen LogP contribution in [-0.2, 0) is 9.59 Å². The Bertz CT molecular complexity index is 219. The minimum absolute atomic E-state index is 0.0726. The van der Waals surface area contributed by atoms with E-state index in [0.717, 1.165) is 45.2 Å². The molecular weight excluding hydrogens is 192 g/mol. The average molecular weight is 212 g/mol. The highest BCUT2D eigenvalue weighted by Crippen LogP contribution is 2.13. The number of aldehydes is 1. The van der Waals surface area contributed by atoms with Crippen molar-refractivity contribution in [1.29, 1.82) is 0 Å². The molecule has 0 aromatic heterocycles. The second-order valence-corrected chi connectivity index (χ2v) is 4.12. The van der Waals surface area contributed by atoms with Crippen LogP contribution in [-0.4, -0.2) is 43.3 Å². The van der Waals surface area contributed by atoms with Crippen LogP contribution in [0.1, 0.15) is 26.2 Å². The highest BCUT2D eigenvalue weighted by Gasteiger charge is 2.20. The molecule has 86 valence electrons. The lowest BCUT2D eigenvalue weighted by Gasteiger charge is -2.29. The van der Waals surface area contributed by atoms with Crippen molar-refractivity contribution in [2.45, 2.75) is 26.2 Å². The van der Waals surface area contributed by atoms with Crippen molar-refractivity contribution in [2.75, 3.05) is 26.2 Å². The van der Waals surface area contributed by atoms with E-state index in [2.05, 4.69) is 10.2 Å². The quantitative estimate of drug-likeness (QED) is 0.672. The molecule has 0 spiro atoms. The lowest BCUT2D eigenvalue weighted by atomic mass is 10.00. The fourth-order valence-corrected chi connectivity index (χ4v) is 1.87. The fourth-order valence-electron chi connectivity index (χ4n) is 1.87. The van der Waals surface area contributed by atoms with Crippen LogP contribution in [0, 0.1) is 5.92 Å². The van der Waals surface area contributed by atoms with E-state index < -0.39 is 0 Å². The molecule has 0 radical (unpaired) electrons. The first-order valence-electron chi connectivity index (χ1n) is 5.70. The van der Waals surface area contributed by atoms with Gasteiger partial charge in [0.25, 0.3) is 0 Å². The number of piperidine rings is 1. The first kappa shape index (κ1) is 12.2. The van der Waals surface area contributed by atoms with E-state index in [4.69, 9.17) is 0 Å². The molecular formula is C11H20N2O2. The van der Waals surface area contributed by atoms with Gasteiger partial charge in [-0.2, -0.15) is 0 Å². The second-order valence-electron chi connectivity index (χ2n) is 4.12. The predicted molar refractivity (Wildman–Crippen MR) is 58.5 cm³/mol. The zero-order chi connectivity index (χ0) is 11.1. The molecule has 1 atom stereocenters. The summed E-state index contributed by atoms with van der Waals surface area (Å²) in [4.78, 5) is 24.1. The van der Waals surface area contributed by atoms with Crippen molar-refractivity contribution in [1.82, 2.24) is 10.2 Å². The Morgan fingerprint density at radius 3 is 3.07 bits per heavy atom. The summed E-state index contributed by atoms with van der Waals surface area (Å²) in [6, 6.07) is 0. The summed E-state index contributed by atoms with van der Waals surface area (Å²) in [7, 11) is 0. The second kappa shape index (κ2) is 6.56. The van der Waals surface area contributed by atoms with Gasteiger partial charge in [0.1, 0.15) is 6.29 Å². The first-order chi connectivity index (χ1) is 7.26. The van der Waals surface area contributed by atoms with Gasteiger partial charge in [-0.05, 0) is 25.8 Å². The van der Waals surface area contributed by atoms with Gasteiger partial charge in [0.2, 0.25) is 5.91 Å². The number of hydrogen-bond acceptors (Lipinski definition) is 3. The Kier molecular flexibility index (Phi) is 5.32. The standard InChI is InChI=1S/C11H20N2O2/c1-2-5-12-11(15)8-13-6-3-4-10(7-13)9-14/h9-10H,2-8H2,1H3,(H,12,15). The molecule has 0 aromatic carbocycles. The van der Waals surface area contributed by atoms with Crippen LogP contribution in [0.25, 0.3) is 0 Å². The molecule has 0 saturated carbocycles. The normalized spacial score (nSPS) is 22.3. The Morgan fingerprint density at radius 2 is 2.40 bits per heavy atom. The third-order valence-corrected chi connectivity index (χ3v) is 2.67. The highest BCUT2D eigenvalue weighted by molar-refractivity contribution is 5.78. The Labute approximate surface area is 91.0 Å². The van der Waals surface area contributed by atoms with Crippen molar-refractivity contribution in [3.8, 4) is 0 Å². The van der Waals surface area contributed by atoms with Gasteiger partial charge < -0.3 is 10.1 Å². The molecule has 1 fully saturated rings. The predicted octanol–water partition coefficient (Wildman–Crippen LogP) is 0.424. The lowest BCUT2D eigenvalue weighted by Crippen LogP contribution is -2.43. The molecule has 1 unspecified atom stereocenters. The lowest BCUT2D eigenvalue weighted by molar-refractivity contribution is -0.123. The topological polar surface area (TPSA) is 49.4 Å². The molecule has 0 bridgehead atoms. The van der Waals surface area contributed by atoms with Crippen LogP contribution >= 0.6 is 0 Å². The number of likely N-dealkylation sites (tertiary alicyclic amines) is 1. The SMILES string of the molecule is CCCNC(=O)CN1CCCC(C=O)C1. The maximum atomic E-state index is 11.4. The maximum Gasteiger partial charge on any atom is 0.234 e. The van der Waals surface area contributed by atoms with Crippen molar-refractivity contribution in [2.24, 2.45) is 5.92 Å². The Balaban J connectivity index is 2.25. The van der Waals surface area contributed by atoms with Crippen LogP contribution in [0.2, 0.25) is 0 Å². The van der Waals surface area contributed by atoms with E-state index in [0.29, 0.717) is 6.54 Å². The van der Waals surface area contributed by atoms with Crippen LogP contribution in [0.15, 0.2) is 0 Å². The molecule has 1 amide bonds. The number of amides is 1. The number of nitrogens with one attached hydrogen (secondary N) is 1. The van der Waals surface area contributed by atoms with Gasteiger partial charge >= 0.3 is 0 Å². The Hall–Kier alpha value is -0.900. The molecule has 1 N–H and O–H groups in total. The number of nitrogens with zero attached hydrogens (tertiary/aromatic N) is 1. The molecule has 0 aromatic rings. The van der Waals surface area contributed by atoms with E-state index in [-0.39, 0.29) is 11.8 Å². The van der Waals surface area contributed by atoms with Crippen molar-refractivity contribution in [3.63, 3.8) is 0 Å². The molecule has 4 heteroatoms. The van der Waals surface area contributed by atoms with Crippen LogP contribution in [0.3, 0.4) is 0 Å². The van der Waals surface area contributed by atoms with E-state index in [1.165, 1.54) is 0 Å². The summed E-state index contributed by atoms with van der Waals surface area (Å²) < 4.78 is 0. The largest absolute Gasteiger partial charge is 0.355 e. The number of carbonyl (C=O) groups excluding carboxylic acids is 2. The van der Waals surface area contributed by atoms with E-state index >= 15 is 0 Å². The molecule has 1 aliphatic rings. The van der Waals surface area contributed by atoms with Crippen LogP contribution < -0.4 is 5.32 Å². The van der Waals surface area contributed by atoms with Gasteiger partial charge in [0.05, 0.1) is 6.54 Å². The zero-order valence-corrected chi connectivity index (χ0v) is 9.37. The smallest absolute Gasteiger partial charge is 0.234 e. The van der Waals surface area contributed by atoms with E-state index in [1.807, 2.05) is 6.92 Å². The maximum absolute atomic E-state index is 11.4. The average Bonchev–Trinajstić information content (AvgIpc) is 2.26. The molecule has 1 rings (SSSR count). The summed E-state index contributed by atoms with van der Waals surface area (Å²) in [5.74, 6) is 0.195. The van der Waals surface area contributed by atoms with Crippen LogP contribution in [0.5, 0.6) is 0 Å². The van der Waals surface area contributed by atoms with Crippen molar-refractivity contribution in [3.05, 3.63) is 0 Å². The highest BCUT2D eigenvalue weighted by atomic mass is 16.2. The van der Waals surface area contributed by atoms with Gasteiger partial charge in [-0.3, -0.25) is 9.69 Å². The van der Waals surface area contributed by atoms with Crippen LogP contribution in [0.4, 0.5) is 0 Å². The number of rotatable bonds is 5. The number of carbonyl (C=O) groups is 2. The molecule has 4 nitrogen and oxygen atoms in total. The minimum Gasteiger partial charge on any atom is -0.355 e. The minimum atomic E-state index is 0.0726. The molecule has 0 aliphatic carbocycles. The fraction of sp³-hybridized carbons (Fsp3) is 0.818. The Morgan fingerprint density at radius 1 is 1.60 bits per heavy atom. The number of hydrogen-bond donors (Lipinski definition) is 1. The monoisotopic (exact) mass is 212 g/mol. The zero-order valence-electron chi connectivity index (χ0n) is 9.37. The van der Waals surface area contributed by atoms with Gasteiger partial charge in [-0.1, -0.05) is 6.92 Å². The van der Waals surface area contributed by atoms with Gasteiger partial charge in [-0.15, -0.1) is 0 Å². The molecule has 1 heterocycles. The van der Waals surface area contributed by atoms with E-state index in [9.17, 15) is 9.59 Å². The van der Waals surface area contributed by atoms with Crippen molar-refractivity contribution >= 4 is 12.2 Å². The van der Waals surface area contributed by atoms with Gasteiger partial charge in [0, 0.05) is 19.0 Å². The third kappa shape index (κ3) is 4.42. The summed E-state index contributed by atoms with van der Waals surface area (Å²) in [5, 5.41) is 2.84. The van der Waals surface area contributed by atoms with Gasteiger partial charge in [-0.25, -0.2) is 0 Å². The molecule has 1 saturated heterocycles. The first-order valence-corrected chi connectivity index (χ1v) is 5.70. The summed E-state index contributed by atoms with van der Waals surface area (Å²) >= 11 is 0. The summed E-state index contributed by atoms with van der Waals surface area (Å²) in [6.07, 6.45) is 3.96.